The molecule has 0 amide bonds. The zero-order chi connectivity index (χ0) is 19.4. The Hall–Kier alpha value is -2.60. The van der Waals surface area contributed by atoms with Gasteiger partial charge in [-0.1, -0.05) is 18.2 Å². The molecule has 1 heterocycles. The third-order valence-corrected chi connectivity index (χ3v) is 4.51. The number of carbonyl (C=O) groups is 1. The van der Waals surface area contributed by atoms with Crippen molar-refractivity contribution in [3.63, 3.8) is 0 Å². The van der Waals surface area contributed by atoms with Crippen LogP contribution in [-0.4, -0.2) is 25.1 Å². The Labute approximate surface area is 166 Å². The van der Waals surface area contributed by atoms with E-state index >= 15 is 0 Å². The number of rotatable bonds is 6. The van der Waals surface area contributed by atoms with Gasteiger partial charge in [-0.3, -0.25) is 0 Å². The van der Waals surface area contributed by atoms with E-state index in [2.05, 4.69) is 20.9 Å². The molecule has 3 rings (SSSR count). The lowest BCUT2D eigenvalue weighted by atomic mass is 10.1. The highest BCUT2D eigenvalue weighted by molar-refractivity contribution is 9.10. The maximum absolute atomic E-state index is 12.3. The third-order valence-electron chi connectivity index (χ3n) is 3.92. The van der Waals surface area contributed by atoms with Gasteiger partial charge in [-0.25, -0.2) is 9.79 Å². The number of cyclic esters (lactones) is 1. The van der Waals surface area contributed by atoms with Crippen molar-refractivity contribution in [3.8, 4) is 11.5 Å². The molecule has 140 valence electrons. The average molecular weight is 430 g/mol. The maximum atomic E-state index is 12.3. The molecule has 6 heteroatoms. The number of carbonyl (C=O) groups excluding carboxylic acids is 1. The van der Waals surface area contributed by atoms with Gasteiger partial charge in [-0.2, -0.15) is 0 Å². The first-order valence-electron chi connectivity index (χ1n) is 8.71. The number of aliphatic imine (C=N–C) groups is 1. The van der Waals surface area contributed by atoms with E-state index in [1.54, 1.807) is 6.08 Å². The predicted molar refractivity (Wildman–Crippen MR) is 108 cm³/mol. The van der Waals surface area contributed by atoms with E-state index in [0.29, 0.717) is 30.6 Å². The van der Waals surface area contributed by atoms with Crippen LogP contribution in [0.2, 0.25) is 0 Å². The molecule has 2 aromatic carbocycles. The van der Waals surface area contributed by atoms with Gasteiger partial charge in [0.05, 0.1) is 17.7 Å². The highest BCUT2D eigenvalue weighted by Crippen LogP contribution is 2.37. The topological polar surface area (TPSA) is 57.1 Å². The van der Waals surface area contributed by atoms with Crippen LogP contribution in [0.5, 0.6) is 11.5 Å². The second kappa shape index (κ2) is 8.39. The van der Waals surface area contributed by atoms with E-state index in [0.717, 1.165) is 21.2 Å². The number of halogens is 1. The van der Waals surface area contributed by atoms with E-state index in [9.17, 15) is 4.79 Å². The summed E-state index contributed by atoms with van der Waals surface area (Å²) in [5, 5.41) is 0. The molecule has 0 fully saturated rings. The summed E-state index contributed by atoms with van der Waals surface area (Å²) in [6.07, 6.45) is 1.68. The Morgan fingerprint density at radius 2 is 1.89 bits per heavy atom. The lowest BCUT2D eigenvalue weighted by Gasteiger charge is -2.13. The van der Waals surface area contributed by atoms with Crippen LogP contribution in [0.25, 0.3) is 6.08 Å². The number of hydrogen-bond donors (Lipinski definition) is 0. The summed E-state index contributed by atoms with van der Waals surface area (Å²) >= 11 is 3.51. The second-order valence-electron chi connectivity index (χ2n) is 5.85. The van der Waals surface area contributed by atoms with Crippen LogP contribution in [0.15, 0.2) is 51.6 Å². The van der Waals surface area contributed by atoms with Crippen molar-refractivity contribution in [2.45, 2.75) is 20.8 Å². The van der Waals surface area contributed by atoms with Crippen LogP contribution < -0.4 is 9.47 Å². The van der Waals surface area contributed by atoms with Gasteiger partial charge in [0.1, 0.15) is 0 Å². The molecule has 0 saturated heterocycles. The minimum absolute atomic E-state index is 0.242. The molecule has 27 heavy (non-hydrogen) atoms. The van der Waals surface area contributed by atoms with Crippen molar-refractivity contribution >= 4 is 33.9 Å². The fraction of sp³-hybridized carbons (Fsp3) is 0.238. The molecule has 1 aliphatic heterocycles. The van der Waals surface area contributed by atoms with E-state index in [1.807, 2.05) is 57.2 Å². The first-order chi connectivity index (χ1) is 13.0. The lowest BCUT2D eigenvalue weighted by Crippen LogP contribution is -2.06. The molecule has 0 aromatic heterocycles. The van der Waals surface area contributed by atoms with Crippen LogP contribution in [-0.2, 0) is 9.53 Å². The smallest absolute Gasteiger partial charge is 0.363 e. The van der Waals surface area contributed by atoms with Gasteiger partial charge in [0, 0.05) is 5.56 Å². The predicted octanol–water partition coefficient (Wildman–Crippen LogP) is 4.90. The standard InChI is InChI=1S/C21H20BrNO4/c1-4-25-18-12-14(10-16(22)19(18)26-5-2)11-17-21(24)27-20(23-17)15-9-7-6-8-13(15)3/h6-12H,4-5H2,1-3H3/b17-11+. The number of esters is 1. The quantitative estimate of drug-likeness (QED) is 0.483. The summed E-state index contributed by atoms with van der Waals surface area (Å²) in [5.74, 6) is 1.09. The average Bonchev–Trinajstić information content (AvgIpc) is 2.99. The SMILES string of the molecule is CCOc1cc(/C=C2/N=C(c3ccccc3C)OC2=O)cc(Br)c1OCC. The molecule has 2 aromatic rings. The molecule has 0 spiro atoms. The van der Waals surface area contributed by atoms with Gasteiger partial charge in [0.2, 0.25) is 5.90 Å². The number of ether oxygens (including phenoxy) is 3. The Balaban J connectivity index is 1.98. The third kappa shape index (κ3) is 4.22. The summed E-state index contributed by atoms with van der Waals surface area (Å²) in [7, 11) is 0. The van der Waals surface area contributed by atoms with Crippen LogP contribution in [0, 0.1) is 6.92 Å². The largest absolute Gasteiger partial charge is 0.490 e. The first kappa shape index (κ1) is 19.2. The number of hydrogen-bond acceptors (Lipinski definition) is 5. The maximum Gasteiger partial charge on any atom is 0.363 e. The van der Waals surface area contributed by atoms with E-state index in [-0.39, 0.29) is 5.70 Å². The summed E-state index contributed by atoms with van der Waals surface area (Å²) in [4.78, 5) is 16.6. The molecule has 0 unspecified atom stereocenters. The highest BCUT2D eigenvalue weighted by Gasteiger charge is 2.25. The van der Waals surface area contributed by atoms with Crippen LogP contribution in [0.1, 0.15) is 30.5 Å². The molecular formula is C21H20BrNO4. The first-order valence-corrected chi connectivity index (χ1v) is 9.50. The second-order valence-corrected chi connectivity index (χ2v) is 6.70. The summed E-state index contributed by atoms with van der Waals surface area (Å²) in [5.41, 5.74) is 2.80. The minimum atomic E-state index is -0.476. The van der Waals surface area contributed by atoms with Gasteiger partial charge < -0.3 is 14.2 Å². The molecule has 0 N–H and O–H groups in total. The van der Waals surface area contributed by atoms with Crippen LogP contribution in [0.3, 0.4) is 0 Å². The zero-order valence-corrected chi connectivity index (χ0v) is 17.0. The Morgan fingerprint density at radius 3 is 2.59 bits per heavy atom. The van der Waals surface area contributed by atoms with E-state index in [4.69, 9.17) is 14.2 Å². The van der Waals surface area contributed by atoms with E-state index < -0.39 is 5.97 Å². The van der Waals surface area contributed by atoms with Crippen LogP contribution in [0.4, 0.5) is 0 Å². The molecule has 1 aliphatic rings. The van der Waals surface area contributed by atoms with Crippen molar-refractivity contribution in [3.05, 3.63) is 63.3 Å². The zero-order valence-electron chi connectivity index (χ0n) is 15.4. The summed E-state index contributed by atoms with van der Waals surface area (Å²) in [6, 6.07) is 11.3. The van der Waals surface area contributed by atoms with Gasteiger partial charge >= 0.3 is 5.97 Å². The normalized spacial score (nSPS) is 14.9. The van der Waals surface area contributed by atoms with Crippen LogP contribution >= 0.6 is 15.9 Å². The molecule has 0 bridgehead atoms. The summed E-state index contributed by atoms with van der Waals surface area (Å²) < 4.78 is 17.4. The van der Waals surface area contributed by atoms with Crippen molar-refractivity contribution in [1.29, 1.82) is 0 Å². The molecule has 0 radical (unpaired) electrons. The van der Waals surface area contributed by atoms with E-state index in [1.165, 1.54) is 0 Å². The Morgan fingerprint density at radius 1 is 1.15 bits per heavy atom. The molecular weight excluding hydrogens is 410 g/mol. The molecule has 0 atom stereocenters. The van der Waals surface area contributed by atoms with Crippen molar-refractivity contribution in [2.75, 3.05) is 13.2 Å². The van der Waals surface area contributed by atoms with Gasteiger partial charge in [0.15, 0.2) is 17.2 Å². The molecule has 0 saturated carbocycles. The number of aryl methyl sites for hydroxylation is 1. The summed E-state index contributed by atoms with van der Waals surface area (Å²) in [6.45, 7) is 6.79. The Bertz CT molecular complexity index is 934. The Kier molecular flexibility index (Phi) is 5.96. The minimum Gasteiger partial charge on any atom is -0.490 e. The number of benzene rings is 2. The van der Waals surface area contributed by atoms with Crippen molar-refractivity contribution < 1.29 is 19.0 Å². The number of nitrogens with zero attached hydrogens (tertiary/aromatic N) is 1. The van der Waals surface area contributed by atoms with Crippen molar-refractivity contribution in [2.24, 2.45) is 4.99 Å². The molecule has 5 nitrogen and oxygen atoms in total. The van der Waals surface area contributed by atoms with Gasteiger partial charge in [-0.05, 0) is 72.1 Å². The highest BCUT2D eigenvalue weighted by atomic mass is 79.9. The van der Waals surface area contributed by atoms with Crippen molar-refractivity contribution in [1.82, 2.24) is 0 Å². The fourth-order valence-electron chi connectivity index (χ4n) is 2.71. The van der Waals surface area contributed by atoms with Gasteiger partial charge in [0.25, 0.3) is 0 Å². The monoisotopic (exact) mass is 429 g/mol. The fourth-order valence-corrected chi connectivity index (χ4v) is 3.29. The molecule has 0 aliphatic carbocycles. The van der Waals surface area contributed by atoms with Gasteiger partial charge in [-0.15, -0.1) is 0 Å². The lowest BCUT2D eigenvalue weighted by molar-refractivity contribution is -0.129.